The number of fused-ring (bicyclic) bond motifs is 1. The molecule has 0 aromatic carbocycles. The summed E-state index contributed by atoms with van der Waals surface area (Å²) >= 11 is 0. The fourth-order valence-electron chi connectivity index (χ4n) is 2.83. The van der Waals surface area contributed by atoms with Crippen LogP contribution in [0, 0.1) is 0 Å². The minimum absolute atomic E-state index is 0.324. The molecule has 21 heavy (non-hydrogen) atoms. The number of hydrogen-bond donors (Lipinski definition) is 0. The third-order valence-electron chi connectivity index (χ3n) is 4.09. The molecule has 2 aromatic heterocycles. The van der Waals surface area contributed by atoms with Gasteiger partial charge in [0.05, 0.1) is 12.3 Å². The van der Waals surface area contributed by atoms with Crippen molar-refractivity contribution in [1.82, 2.24) is 14.6 Å². The summed E-state index contributed by atoms with van der Waals surface area (Å²) in [5, 5.41) is 4.40. The molecular weight excluding hydrogens is 264 g/mol. The second-order valence-electron chi connectivity index (χ2n) is 6.16. The zero-order valence-electron chi connectivity index (χ0n) is 13.1. The van der Waals surface area contributed by atoms with E-state index in [1.807, 2.05) is 10.6 Å². The summed E-state index contributed by atoms with van der Waals surface area (Å²) in [6.07, 6.45) is 5.74. The molecule has 1 aliphatic rings. The van der Waals surface area contributed by atoms with Crippen LogP contribution in [0.5, 0.6) is 0 Å². The lowest BCUT2D eigenvalue weighted by molar-refractivity contribution is 0.0215. The molecule has 2 aromatic rings. The van der Waals surface area contributed by atoms with Gasteiger partial charge in [-0.15, -0.1) is 0 Å². The third-order valence-corrected chi connectivity index (χ3v) is 4.09. The van der Waals surface area contributed by atoms with Crippen LogP contribution in [0.15, 0.2) is 18.3 Å². The van der Waals surface area contributed by atoms with Gasteiger partial charge in [-0.3, -0.25) is 0 Å². The SMILES string of the molecule is CC(C)c1cc(N(C)CC2CCCCO2)n2nccc2n1. The number of rotatable bonds is 4. The lowest BCUT2D eigenvalue weighted by Gasteiger charge is -2.29. The van der Waals surface area contributed by atoms with Crippen molar-refractivity contribution in [3.05, 3.63) is 24.0 Å². The van der Waals surface area contributed by atoms with Crippen LogP contribution < -0.4 is 4.90 Å². The molecule has 1 aliphatic heterocycles. The number of ether oxygens (including phenoxy) is 1. The van der Waals surface area contributed by atoms with Crippen molar-refractivity contribution in [1.29, 1.82) is 0 Å². The first-order valence-corrected chi connectivity index (χ1v) is 7.82. The number of likely N-dealkylation sites (N-methyl/N-ethyl adjacent to an activating group) is 1. The second kappa shape index (κ2) is 6.02. The summed E-state index contributed by atoms with van der Waals surface area (Å²) in [7, 11) is 2.11. The molecule has 1 atom stereocenters. The van der Waals surface area contributed by atoms with Gasteiger partial charge in [0.1, 0.15) is 5.82 Å². The van der Waals surface area contributed by atoms with Crippen LogP contribution in [-0.2, 0) is 4.74 Å². The Morgan fingerprint density at radius 2 is 2.29 bits per heavy atom. The molecule has 0 radical (unpaired) electrons. The Balaban J connectivity index is 1.88. The molecule has 3 heterocycles. The van der Waals surface area contributed by atoms with E-state index in [9.17, 15) is 0 Å². The van der Waals surface area contributed by atoms with Crippen LogP contribution in [-0.4, -0.2) is 40.9 Å². The van der Waals surface area contributed by atoms with Crippen molar-refractivity contribution in [3.63, 3.8) is 0 Å². The number of anilines is 1. The number of hydrogen-bond acceptors (Lipinski definition) is 4. The quantitative estimate of drug-likeness (QED) is 0.867. The summed E-state index contributed by atoms with van der Waals surface area (Å²) in [5.74, 6) is 1.49. The van der Waals surface area contributed by atoms with E-state index in [4.69, 9.17) is 4.74 Å². The van der Waals surface area contributed by atoms with Gasteiger partial charge in [-0.1, -0.05) is 13.8 Å². The van der Waals surface area contributed by atoms with E-state index in [0.29, 0.717) is 12.0 Å². The molecule has 0 aliphatic carbocycles. The van der Waals surface area contributed by atoms with Crippen LogP contribution in [0.2, 0.25) is 0 Å². The maximum atomic E-state index is 5.85. The maximum absolute atomic E-state index is 5.85. The van der Waals surface area contributed by atoms with Gasteiger partial charge in [-0.05, 0) is 25.2 Å². The van der Waals surface area contributed by atoms with Gasteiger partial charge in [0, 0.05) is 38.0 Å². The Bertz CT molecular complexity index is 601. The Kier molecular flexibility index (Phi) is 4.10. The lowest BCUT2D eigenvalue weighted by atomic mass is 10.1. The normalized spacial score (nSPS) is 19.3. The van der Waals surface area contributed by atoms with Crippen LogP contribution in [0.3, 0.4) is 0 Å². The molecule has 5 heteroatoms. The molecule has 0 spiro atoms. The predicted molar refractivity (Wildman–Crippen MR) is 83.9 cm³/mol. The van der Waals surface area contributed by atoms with Gasteiger partial charge >= 0.3 is 0 Å². The van der Waals surface area contributed by atoms with E-state index in [0.717, 1.165) is 36.7 Å². The predicted octanol–water partition coefficient (Wildman–Crippen LogP) is 2.86. The van der Waals surface area contributed by atoms with Gasteiger partial charge in [0.15, 0.2) is 5.65 Å². The summed E-state index contributed by atoms with van der Waals surface area (Å²) < 4.78 is 7.77. The van der Waals surface area contributed by atoms with Crippen LogP contribution in [0.25, 0.3) is 5.65 Å². The Hall–Kier alpha value is -1.62. The van der Waals surface area contributed by atoms with Crippen molar-refractivity contribution in [3.8, 4) is 0 Å². The average Bonchev–Trinajstić information content (AvgIpc) is 2.95. The minimum atomic E-state index is 0.324. The lowest BCUT2D eigenvalue weighted by Crippen LogP contribution is -2.34. The summed E-state index contributed by atoms with van der Waals surface area (Å²) in [6.45, 7) is 6.13. The fraction of sp³-hybridized carbons (Fsp3) is 0.625. The van der Waals surface area contributed by atoms with E-state index in [-0.39, 0.29) is 0 Å². The average molecular weight is 288 g/mol. The van der Waals surface area contributed by atoms with E-state index in [1.54, 1.807) is 6.20 Å². The molecule has 1 unspecified atom stereocenters. The highest BCUT2D eigenvalue weighted by molar-refractivity contribution is 5.51. The molecular formula is C16H24N4O. The molecule has 0 N–H and O–H groups in total. The molecule has 0 saturated carbocycles. The summed E-state index contributed by atoms with van der Waals surface area (Å²) in [4.78, 5) is 6.91. The first kappa shape index (κ1) is 14.3. The Morgan fingerprint density at radius 1 is 1.43 bits per heavy atom. The molecule has 1 saturated heterocycles. The molecule has 5 nitrogen and oxygen atoms in total. The first-order valence-electron chi connectivity index (χ1n) is 7.82. The largest absolute Gasteiger partial charge is 0.376 e. The van der Waals surface area contributed by atoms with Crippen molar-refractivity contribution >= 4 is 11.5 Å². The van der Waals surface area contributed by atoms with E-state index in [2.05, 4.69) is 41.9 Å². The van der Waals surface area contributed by atoms with Gasteiger partial charge in [-0.25, -0.2) is 4.98 Å². The minimum Gasteiger partial charge on any atom is -0.376 e. The van der Waals surface area contributed by atoms with Crippen molar-refractivity contribution in [2.75, 3.05) is 25.1 Å². The Labute approximate surface area is 125 Å². The van der Waals surface area contributed by atoms with Crippen LogP contribution >= 0.6 is 0 Å². The summed E-state index contributed by atoms with van der Waals surface area (Å²) in [6, 6.07) is 4.10. The standard InChI is InChI=1S/C16H24N4O/c1-12(2)14-10-16(20-15(18-14)7-8-17-20)19(3)11-13-6-4-5-9-21-13/h7-8,10,12-13H,4-6,9,11H2,1-3H3. The fourth-order valence-corrected chi connectivity index (χ4v) is 2.83. The smallest absolute Gasteiger partial charge is 0.157 e. The molecule has 1 fully saturated rings. The molecule has 3 rings (SSSR count). The van der Waals surface area contributed by atoms with Crippen LogP contribution in [0.4, 0.5) is 5.82 Å². The zero-order valence-corrected chi connectivity index (χ0v) is 13.1. The van der Waals surface area contributed by atoms with Gasteiger partial charge in [-0.2, -0.15) is 9.61 Å². The van der Waals surface area contributed by atoms with Gasteiger partial charge in [0.2, 0.25) is 0 Å². The van der Waals surface area contributed by atoms with E-state index < -0.39 is 0 Å². The highest BCUT2D eigenvalue weighted by atomic mass is 16.5. The zero-order chi connectivity index (χ0) is 14.8. The molecule has 0 amide bonds. The van der Waals surface area contributed by atoms with Crippen molar-refractivity contribution in [2.24, 2.45) is 0 Å². The van der Waals surface area contributed by atoms with E-state index >= 15 is 0 Å². The topological polar surface area (TPSA) is 42.7 Å². The van der Waals surface area contributed by atoms with E-state index in [1.165, 1.54) is 12.8 Å². The maximum Gasteiger partial charge on any atom is 0.157 e. The van der Waals surface area contributed by atoms with Crippen molar-refractivity contribution < 1.29 is 4.74 Å². The Morgan fingerprint density at radius 3 is 3.00 bits per heavy atom. The number of nitrogens with zero attached hydrogens (tertiary/aromatic N) is 4. The highest BCUT2D eigenvalue weighted by Gasteiger charge is 2.19. The third kappa shape index (κ3) is 3.02. The summed E-state index contributed by atoms with van der Waals surface area (Å²) in [5.41, 5.74) is 2.02. The van der Waals surface area contributed by atoms with Gasteiger partial charge in [0.25, 0.3) is 0 Å². The highest BCUT2D eigenvalue weighted by Crippen LogP contribution is 2.22. The second-order valence-corrected chi connectivity index (χ2v) is 6.16. The van der Waals surface area contributed by atoms with Gasteiger partial charge < -0.3 is 9.64 Å². The molecule has 0 bridgehead atoms. The number of aromatic nitrogens is 3. The van der Waals surface area contributed by atoms with Crippen molar-refractivity contribution in [2.45, 2.75) is 45.1 Å². The molecule has 114 valence electrons. The first-order chi connectivity index (χ1) is 10.1. The van der Waals surface area contributed by atoms with Crippen LogP contribution in [0.1, 0.15) is 44.7 Å². The monoisotopic (exact) mass is 288 g/mol.